The summed E-state index contributed by atoms with van der Waals surface area (Å²) in [5.41, 5.74) is 3.26. The first-order chi connectivity index (χ1) is 18.7. The van der Waals surface area contributed by atoms with Crippen LogP contribution >= 0.6 is 23.2 Å². The zero-order valence-electron chi connectivity index (χ0n) is 22.8. The Morgan fingerprint density at radius 2 is 2.05 bits per heavy atom. The number of aliphatic carboxylic acids is 1. The van der Waals surface area contributed by atoms with Gasteiger partial charge < -0.3 is 14.7 Å². The van der Waals surface area contributed by atoms with E-state index in [-0.39, 0.29) is 12.1 Å². The van der Waals surface area contributed by atoms with Gasteiger partial charge in [0.2, 0.25) is 0 Å². The molecule has 1 N–H and O–H groups in total. The Morgan fingerprint density at radius 3 is 2.74 bits per heavy atom. The summed E-state index contributed by atoms with van der Waals surface area (Å²) in [7, 11) is 1.48. The number of hydrogen-bond donors (Lipinski definition) is 1. The number of hydrogen-bond acceptors (Lipinski definition) is 7. The van der Waals surface area contributed by atoms with Crippen molar-refractivity contribution in [2.24, 2.45) is 5.92 Å². The number of carboxylic acids is 1. The quantitative estimate of drug-likeness (QED) is 0.391. The molecule has 5 atom stereocenters. The lowest BCUT2D eigenvalue weighted by molar-refractivity contribution is -0.149. The van der Waals surface area contributed by atoms with Gasteiger partial charge in [0.15, 0.2) is 11.8 Å². The zero-order chi connectivity index (χ0) is 27.8. The van der Waals surface area contributed by atoms with E-state index in [2.05, 4.69) is 16.7 Å². The minimum absolute atomic E-state index is 0.144. The summed E-state index contributed by atoms with van der Waals surface area (Å²) < 4.78 is 7.14. The molecule has 3 aromatic rings. The lowest BCUT2D eigenvalue weighted by Crippen LogP contribution is -2.52. The molecule has 0 spiro atoms. The van der Waals surface area contributed by atoms with Crippen molar-refractivity contribution in [1.82, 2.24) is 24.6 Å². The highest BCUT2D eigenvalue weighted by atomic mass is 35.5. The molecule has 0 radical (unpaired) electrons. The summed E-state index contributed by atoms with van der Waals surface area (Å²) in [6, 6.07) is 6.00. The first-order valence-corrected chi connectivity index (χ1v) is 14.4. The SMILES string of the molecule is COC(C[C@@H]1CCCN1C1CCN(c2cnc3c(C)nn(C(C)c4ccc(Cl)cc4Cl)c3n2)CC1C)C(=O)O. The molecule has 2 aliphatic heterocycles. The molecule has 0 aliphatic carbocycles. The molecule has 5 rings (SSSR count). The summed E-state index contributed by atoms with van der Waals surface area (Å²) in [5, 5.41) is 15.4. The van der Waals surface area contributed by atoms with Crippen molar-refractivity contribution in [2.75, 3.05) is 31.6 Å². The number of benzene rings is 1. The number of aryl methyl sites for hydroxylation is 1. The number of nitrogens with zero attached hydrogens (tertiary/aromatic N) is 6. The van der Waals surface area contributed by atoms with Gasteiger partial charge in [-0.3, -0.25) is 4.90 Å². The second-order valence-corrected chi connectivity index (χ2v) is 11.7. The number of fused-ring (bicyclic) bond motifs is 1. The largest absolute Gasteiger partial charge is 0.479 e. The van der Waals surface area contributed by atoms with Crippen LogP contribution in [0.2, 0.25) is 10.0 Å². The van der Waals surface area contributed by atoms with Crippen molar-refractivity contribution < 1.29 is 14.6 Å². The lowest BCUT2D eigenvalue weighted by atomic mass is 9.91. The van der Waals surface area contributed by atoms with E-state index in [0.29, 0.717) is 28.4 Å². The summed E-state index contributed by atoms with van der Waals surface area (Å²) in [6.45, 7) is 8.99. The van der Waals surface area contributed by atoms with E-state index in [9.17, 15) is 9.90 Å². The first-order valence-electron chi connectivity index (χ1n) is 13.6. The van der Waals surface area contributed by atoms with Gasteiger partial charge >= 0.3 is 5.97 Å². The number of methoxy groups -OCH3 is 1. The molecule has 2 saturated heterocycles. The average molecular weight is 576 g/mol. The molecule has 1 aromatic carbocycles. The van der Waals surface area contributed by atoms with Crippen molar-refractivity contribution in [3.8, 4) is 0 Å². The van der Waals surface area contributed by atoms with Crippen LogP contribution in [0.25, 0.3) is 11.2 Å². The number of aromatic nitrogens is 4. The Balaban J connectivity index is 1.34. The molecular formula is C28H36Cl2N6O3. The van der Waals surface area contributed by atoms with Gasteiger partial charge in [0.1, 0.15) is 11.3 Å². The van der Waals surface area contributed by atoms with Crippen LogP contribution in [0.5, 0.6) is 0 Å². The molecule has 39 heavy (non-hydrogen) atoms. The van der Waals surface area contributed by atoms with E-state index in [4.69, 9.17) is 43.0 Å². The van der Waals surface area contributed by atoms with Crippen LogP contribution in [0.1, 0.15) is 56.8 Å². The summed E-state index contributed by atoms with van der Waals surface area (Å²) in [4.78, 5) is 26.2. The molecule has 0 saturated carbocycles. The van der Waals surface area contributed by atoms with E-state index >= 15 is 0 Å². The van der Waals surface area contributed by atoms with Gasteiger partial charge in [0.25, 0.3) is 0 Å². The highest BCUT2D eigenvalue weighted by Crippen LogP contribution is 2.34. The maximum Gasteiger partial charge on any atom is 0.332 e. The molecule has 0 amide bonds. The van der Waals surface area contributed by atoms with Crippen molar-refractivity contribution in [3.63, 3.8) is 0 Å². The van der Waals surface area contributed by atoms with Crippen molar-refractivity contribution in [2.45, 2.75) is 70.7 Å². The van der Waals surface area contributed by atoms with Crippen LogP contribution in [0.15, 0.2) is 24.4 Å². The highest BCUT2D eigenvalue weighted by Gasteiger charge is 2.38. The fraction of sp³-hybridized carbons (Fsp3) is 0.571. The van der Waals surface area contributed by atoms with E-state index < -0.39 is 12.1 Å². The minimum atomic E-state index is -0.886. The van der Waals surface area contributed by atoms with Crippen LogP contribution in [0.4, 0.5) is 5.82 Å². The molecular weight excluding hydrogens is 539 g/mol. The number of anilines is 1. The molecule has 2 aromatic heterocycles. The first kappa shape index (κ1) is 28.1. The number of halogens is 2. The highest BCUT2D eigenvalue weighted by molar-refractivity contribution is 6.35. The van der Waals surface area contributed by atoms with E-state index in [1.807, 2.05) is 36.9 Å². The molecule has 2 aliphatic rings. The van der Waals surface area contributed by atoms with Crippen molar-refractivity contribution in [3.05, 3.63) is 45.7 Å². The third-order valence-electron chi connectivity index (χ3n) is 8.42. The molecule has 0 bridgehead atoms. The predicted octanol–water partition coefficient (Wildman–Crippen LogP) is 5.22. The Labute approximate surface area is 239 Å². The van der Waals surface area contributed by atoms with Gasteiger partial charge in [0.05, 0.1) is 17.9 Å². The minimum Gasteiger partial charge on any atom is -0.479 e. The van der Waals surface area contributed by atoms with E-state index in [1.165, 1.54) is 7.11 Å². The Hall–Kier alpha value is -2.46. The monoisotopic (exact) mass is 574 g/mol. The number of rotatable bonds is 8. The fourth-order valence-electron chi connectivity index (χ4n) is 6.36. The Kier molecular flexibility index (Phi) is 8.33. The predicted molar refractivity (Wildman–Crippen MR) is 153 cm³/mol. The van der Waals surface area contributed by atoms with Gasteiger partial charge in [-0.25, -0.2) is 19.4 Å². The van der Waals surface area contributed by atoms with Gasteiger partial charge in [0, 0.05) is 42.3 Å². The second-order valence-electron chi connectivity index (χ2n) is 10.9. The number of carbonyl (C=O) groups is 1. The average Bonchev–Trinajstić information content (AvgIpc) is 3.50. The van der Waals surface area contributed by atoms with Gasteiger partial charge in [-0.15, -0.1) is 0 Å². The maximum absolute atomic E-state index is 11.6. The third-order valence-corrected chi connectivity index (χ3v) is 8.98. The van der Waals surface area contributed by atoms with Crippen LogP contribution in [-0.2, 0) is 9.53 Å². The summed E-state index contributed by atoms with van der Waals surface area (Å²) in [5.74, 6) is 0.344. The van der Waals surface area contributed by atoms with Crippen molar-refractivity contribution >= 4 is 46.2 Å². The van der Waals surface area contributed by atoms with E-state index in [0.717, 1.165) is 67.1 Å². The number of piperidine rings is 1. The topological polar surface area (TPSA) is 96.6 Å². The molecule has 9 nitrogen and oxygen atoms in total. The van der Waals surface area contributed by atoms with Crippen LogP contribution in [0, 0.1) is 12.8 Å². The lowest BCUT2D eigenvalue weighted by Gasteiger charge is -2.44. The van der Waals surface area contributed by atoms with Gasteiger partial charge in [-0.1, -0.05) is 36.2 Å². The Bertz CT molecular complexity index is 1350. The molecule has 4 unspecified atom stereocenters. The summed E-state index contributed by atoms with van der Waals surface area (Å²) >= 11 is 12.6. The summed E-state index contributed by atoms with van der Waals surface area (Å²) in [6.07, 6.45) is 4.71. The van der Waals surface area contributed by atoms with Gasteiger partial charge in [-0.05, 0) is 69.7 Å². The normalized spacial score (nSPS) is 23.8. The van der Waals surface area contributed by atoms with Crippen LogP contribution in [0.3, 0.4) is 0 Å². The zero-order valence-corrected chi connectivity index (χ0v) is 24.4. The van der Waals surface area contributed by atoms with Crippen LogP contribution in [-0.4, -0.2) is 80.7 Å². The van der Waals surface area contributed by atoms with Crippen molar-refractivity contribution in [1.29, 1.82) is 0 Å². The molecule has 2 fully saturated rings. The maximum atomic E-state index is 11.6. The van der Waals surface area contributed by atoms with E-state index in [1.54, 1.807) is 6.07 Å². The molecule has 11 heteroatoms. The molecule has 4 heterocycles. The number of ether oxygens (including phenoxy) is 1. The standard InChI is InChI=1S/C28H36Cl2N6O3/c1-16-15-34(11-9-23(16)35-10-5-6-20(35)13-24(39-4)28(37)38)25-14-31-26-17(2)33-36(27(26)32-25)18(3)21-8-7-19(29)12-22(21)30/h7-8,12,14,16,18,20,23-24H,5-6,9-11,13,15H2,1-4H3,(H,37,38)/t16?,18?,20-,23?,24?/m0/s1. The smallest absolute Gasteiger partial charge is 0.332 e. The number of likely N-dealkylation sites (tertiary alicyclic amines) is 1. The Morgan fingerprint density at radius 1 is 1.26 bits per heavy atom. The third kappa shape index (κ3) is 5.59. The second kappa shape index (κ2) is 11.6. The number of carboxylic acid groups (broad SMARTS) is 1. The molecule has 210 valence electrons. The van der Waals surface area contributed by atoms with Gasteiger partial charge in [-0.2, -0.15) is 5.10 Å². The fourth-order valence-corrected chi connectivity index (χ4v) is 6.93. The van der Waals surface area contributed by atoms with Crippen LogP contribution < -0.4 is 4.90 Å².